The second kappa shape index (κ2) is 10.5. The van der Waals surface area contributed by atoms with Crippen molar-refractivity contribution >= 4 is 17.9 Å². The van der Waals surface area contributed by atoms with Gasteiger partial charge in [-0.15, -0.1) is 0 Å². The van der Waals surface area contributed by atoms with E-state index in [1.807, 2.05) is 0 Å². The highest BCUT2D eigenvalue weighted by Crippen LogP contribution is 2.37. The smallest absolute Gasteiger partial charge is 0.340 e. The topological polar surface area (TPSA) is 108 Å². The number of benzene rings is 3. The number of ether oxygens (including phenoxy) is 4. The SMILES string of the molecule is O=C(OC[C@H]1O[C@H](OC(=O)c2ccccc2)[C@@](O)([18F])[C@@H]1OC(=O)c1ccccc1)c1ccccc1. The zero-order valence-electron chi connectivity index (χ0n) is 18.3. The Morgan fingerprint density at radius 3 is 1.66 bits per heavy atom. The average molecular weight is 479 g/mol. The van der Waals surface area contributed by atoms with E-state index in [1.165, 1.54) is 36.4 Å². The summed E-state index contributed by atoms with van der Waals surface area (Å²) in [6.07, 6.45) is -5.59. The molecule has 9 heteroatoms. The number of aliphatic hydroxyl groups is 1. The number of esters is 3. The van der Waals surface area contributed by atoms with Gasteiger partial charge in [0.05, 0.1) is 16.7 Å². The minimum atomic E-state index is -3.43. The van der Waals surface area contributed by atoms with Crippen molar-refractivity contribution in [3.8, 4) is 0 Å². The maximum Gasteiger partial charge on any atom is 0.340 e. The molecule has 1 heterocycles. The summed E-state index contributed by atoms with van der Waals surface area (Å²) in [6.45, 7) is -0.591. The van der Waals surface area contributed by atoms with Crippen molar-refractivity contribution in [3.63, 3.8) is 0 Å². The number of hydrogen-bond donors (Lipinski definition) is 1. The summed E-state index contributed by atoms with van der Waals surface area (Å²) in [4.78, 5) is 37.3. The molecule has 4 atom stereocenters. The normalized spacial score (nSPS) is 23.3. The van der Waals surface area contributed by atoms with E-state index in [4.69, 9.17) is 18.9 Å². The summed E-state index contributed by atoms with van der Waals surface area (Å²) in [6, 6.07) is 23.4. The number of halogens is 1. The third-order valence-corrected chi connectivity index (χ3v) is 5.22. The lowest BCUT2D eigenvalue weighted by Gasteiger charge is -2.25. The summed E-state index contributed by atoms with van der Waals surface area (Å²) in [7, 11) is 0. The van der Waals surface area contributed by atoms with Gasteiger partial charge in [0.1, 0.15) is 12.7 Å². The minimum Gasteiger partial charge on any atom is -0.459 e. The van der Waals surface area contributed by atoms with Crippen LogP contribution in [0.15, 0.2) is 91.0 Å². The van der Waals surface area contributed by atoms with E-state index in [1.54, 1.807) is 54.6 Å². The Morgan fingerprint density at radius 2 is 1.17 bits per heavy atom. The highest BCUT2D eigenvalue weighted by Gasteiger charge is 2.62. The van der Waals surface area contributed by atoms with Gasteiger partial charge in [-0.1, -0.05) is 54.6 Å². The van der Waals surface area contributed by atoms with Gasteiger partial charge in [0.2, 0.25) is 0 Å². The van der Waals surface area contributed by atoms with Gasteiger partial charge >= 0.3 is 23.8 Å². The average Bonchev–Trinajstić information content (AvgIpc) is 3.12. The number of carbonyl (C=O) groups is 3. The molecule has 0 radical (unpaired) electrons. The van der Waals surface area contributed by atoms with E-state index >= 15 is 4.39 Å². The van der Waals surface area contributed by atoms with E-state index < -0.39 is 48.9 Å². The molecule has 1 N–H and O–H groups in total. The largest absolute Gasteiger partial charge is 0.459 e. The number of carbonyl (C=O) groups excluding carboxylic acids is 3. The zero-order valence-corrected chi connectivity index (χ0v) is 18.3. The van der Waals surface area contributed by atoms with Crippen LogP contribution in [0.25, 0.3) is 0 Å². The van der Waals surface area contributed by atoms with E-state index in [-0.39, 0.29) is 16.7 Å². The second-order valence-electron chi connectivity index (χ2n) is 7.66. The molecule has 0 saturated carbocycles. The molecule has 3 aromatic carbocycles. The minimum absolute atomic E-state index is 0.0867. The molecular formula is C26H21FO8. The fourth-order valence-electron chi connectivity index (χ4n) is 3.43. The second-order valence-corrected chi connectivity index (χ2v) is 7.66. The van der Waals surface area contributed by atoms with E-state index in [0.29, 0.717) is 0 Å². The molecule has 0 aliphatic carbocycles. The Bertz CT molecular complexity index is 1170. The standard InChI is InChI=1S/C26H21FO8/c27-26(31)21(34-23(29)18-12-6-2-7-13-18)20(16-32-22(28)17-10-4-1-5-11-17)33-25(26)35-24(30)19-14-8-3-9-15-19/h1-15,20-21,25,31H,16H2/t20-,21-,25-,26-/m1/s1/i27-1. The van der Waals surface area contributed by atoms with Crippen LogP contribution in [-0.2, 0) is 18.9 Å². The van der Waals surface area contributed by atoms with Crippen LogP contribution in [0, 0.1) is 0 Å². The lowest BCUT2D eigenvalue weighted by Crippen LogP contribution is -2.48. The molecule has 4 rings (SSSR count). The summed E-state index contributed by atoms with van der Waals surface area (Å²) in [5.41, 5.74) is 0.405. The van der Waals surface area contributed by atoms with Crippen LogP contribution in [0.5, 0.6) is 0 Å². The molecule has 180 valence electrons. The molecule has 0 spiro atoms. The zero-order chi connectivity index (χ0) is 24.8. The van der Waals surface area contributed by atoms with Crippen molar-refractivity contribution in [2.45, 2.75) is 24.4 Å². The van der Waals surface area contributed by atoms with Crippen molar-refractivity contribution in [1.29, 1.82) is 0 Å². The van der Waals surface area contributed by atoms with Crippen LogP contribution in [0.3, 0.4) is 0 Å². The Hall–Kier alpha value is -4.08. The van der Waals surface area contributed by atoms with Gasteiger partial charge in [0.15, 0.2) is 6.10 Å². The molecular weight excluding hydrogens is 458 g/mol. The number of alkyl halides is 1. The van der Waals surface area contributed by atoms with Crippen LogP contribution >= 0.6 is 0 Å². The molecule has 1 fully saturated rings. The van der Waals surface area contributed by atoms with Crippen LogP contribution in [0.1, 0.15) is 31.1 Å². The third kappa shape index (κ3) is 5.53. The van der Waals surface area contributed by atoms with Gasteiger partial charge in [-0.2, -0.15) is 0 Å². The molecule has 8 nitrogen and oxygen atoms in total. The monoisotopic (exact) mass is 479 g/mol. The molecule has 1 aliphatic rings. The summed E-state index contributed by atoms with van der Waals surface area (Å²) < 4.78 is 36.3. The molecule has 35 heavy (non-hydrogen) atoms. The fourth-order valence-corrected chi connectivity index (χ4v) is 3.43. The van der Waals surface area contributed by atoms with E-state index in [0.717, 1.165) is 0 Å². The molecule has 1 aliphatic heterocycles. The lowest BCUT2D eigenvalue weighted by molar-refractivity contribution is -0.238. The molecule has 3 aromatic rings. The molecule has 1 saturated heterocycles. The van der Waals surface area contributed by atoms with Crippen molar-refractivity contribution in [2.24, 2.45) is 0 Å². The number of rotatable bonds is 7. The Labute approximate surface area is 199 Å². The Morgan fingerprint density at radius 1 is 0.743 bits per heavy atom. The summed E-state index contributed by atoms with van der Waals surface area (Å²) in [5.74, 6) is -6.10. The van der Waals surface area contributed by atoms with E-state index in [2.05, 4.69) is 0 Å². The van der Waals surface area contributed by atoms with Crippen molar-refractivity contribution in [1.82, 2.24) is 0 Å². The van der Waals surface area contributed by atoms with Crippen molar-refractivity contribution in [3.05, 3.63) is 108 Å². The molecule has 0 bridgehead atoms. The van der Waals surface area contributed by atoms with Gasteiger partial charge in [0.25, 0.3) is 6.29 Å². The van der Waals surface area contributed by atoms with Crippen molar-refractivity contribution in [2.75, 3.05) is 6.61 Å². The van der Waals surface area contributed by atoms with Gasteiger partial charge in [-0.05, 0) is 36.4 Å². The summed E-state index contributed by atoms with van der Waals surface area (Å²) in [5, 5.41) is 10.6. The summed E-state index contributed by atoms with van der Waals surface area (Å²) >= 11 is 0. The van der Waals surface area contributed by atoms with Crippen LogP contribution < -0.4 is 0 Å². The Balaban J connectivity index is 1.53. The van der Waals surface area contributed by atoms with Gasteiger partial charge in [0, 0.05) is 0 Å². The lowest BCUT2D eigenvalue weighted by atomic mass is 10.1. The van der Waals surface area contributed by atoms with Crippen LogP contribution in [0.4, 0.5) is 4.39 Å². The highest BCUT2D eigenvalue weighted by atomic mass is 18.2. The molecule has 0 aromatic heterocycles. The quantitative estimate of drug-likeness (QED) is 0.406. The predicted octanol–water partition coefficient (Wildman–Crippen LogP) is 3.31. The predicted molar refractivity (Wildman–Crippen MR) is 119 cm³/mol. The van der Waals surface area contributed by atoms with Gasteiger partial charge < -0.3 is 24.1 Å². The first-order chi connectivity index (χ1) is 16.9. The third-order valence-electron chi connectivity index (χ3n) is 5.22. The van der Waals surface area contributed by atoms with E-state index in [9.17, 15) is 19.5 Å². The first kappa shape index (κ1) is 24.1. The highest BCUT2D eigenvalue weighted by molar-refractivity contribution is 5.90. The Kier molecular flexibility index (Phi) is 7.19. The van der Waals surface area contributed by atoms with Gasteiger partial charge in [-0.3, -0.25) is 0 Å². The van der Waals surface area contributed by atoms with Crippen LogP contribution in [0.2, 0.25) is 0 Å². The molecule has 0 unspecified atom stereocenters. The fraction of sp³-hybridized carbons (Fsp3) is 0.192. The van der Waals surface area contributed by atoms with Crippen LogP contribution in [-0.4, -0.2) is 54.0 Å². The maximum absolute atomic E-state index is 15.5. The first-order valence-corrected chi connectivity index (χ1v) is 10.7. The maximum atomic E-state index is 15.5. The number of hydrogen-bond acceptors (Lipinski definition) is 8. The van der Waals surface area contributed by atoms with Gasteiger partial charge in [-0.25, -0.2) is 18.8 Å². The first-order valence-electron chi connectivity index (χ1n) is 10.7. The molecule has 0 amide bonds. The van der Waals surface area contributed by atoms with Crippen molar-refractivity contribution < 1.29 is 42.8 Å².